The normalized spacial score (nSPS) is 14.8. The van der Waals surface area contributed by atoms with Gasteiger partial charge in [0.1, 0.15) is 6.61 Å². The Morgan fingerprint density at radius 1 is 1.04 bits per heavy atom. The lowest BCUT2D eigenvalue weighted by molar-refractivity contribution is 0.314. The minimum Gasteiger partial charge on any atom is -0.254 e. The molecule has 1 N–H and O–H groups in total. The largest absolute Gasteiger partial charge is 0.336 e. The van der Waals surface area contributed by atoms with Crippen LogP contribution in [0.4, 0.5) is 0 Å². The van der Waals surface area contributed by atoms with Gasteiger partial charge in [0, 0.05) is 10.9 Å². The quantitative estimate of drug-likeness (QED) is 0.444. The number of hydrogen-bond donors (Lipinski definition) is 1. The zero-order valence-corrected chi connectivity index (χ0v) is 17.7. The molecule has 0 heterocycles. The molecule has 2 rings (SSSR count). The second kappa shape index (κ2) is 9.64. The summed E-state index contributed by atoms with van der Waals surface area (Å²) in [6.07, 6.45) is 0. The maximum atomic E-state index is 12.2. The average Bonchev–Trinajstić information content (AvgIpc) is 2.59. The van der Waals surface area contributed by atoms with Crippen LogP contribution in [-0.4, -0.2) is 24.9 Å². The predicted molar refractivity (Wildman–Crippen MR) is 109 cm³/mol. The molecule has 2 atom stereocenters. The minimum atomic E-state index is -4.08. The Kier molecular flexibility index (Phi) is 8.09. The summed E-state index contributed by atoms with van der Waals surface area (Å²) < 4.78 is 29.8. The van der Waals surface area contributed by atoms with Crippen LogP contribution in [0.15, 0.2) is 65.6 Å². The molecule has 0 aliphatic carbocycles. The summed E-state index contributed by atoms with van der Waals surface area (Å²) >= 11 is 18.2. The first-order valence-electron chi connectivity index (χ1n) is 7.66. The number of halogens is 3. The second-order valence-electron chi connectivity index (χ2n) is 5.50. The molecule has 0 fully saturated rings. The van der Waals surface area contributed by atoms with Crippen molar-refractivity contribution >= 4 is 56.9 Å². The molecule has 0 saturated carbocycles. The van der Waals surface area contributed by atoms with E-state index in [4.69, 9.17) is 39.0 Å². The molecule has 0 bridgehead atoms. The van der Waals surface area contributed by atoms with E-state index in [1.807, 2.05) is 60.7 Å². The van der Waals surface area contributed by atoms with Crippen molar-refractivity contribution in [1.82, 2.24) is 4.72 Å². The van der Waals surface area contributed by atoms with Gasteiger partial charge >= 0.3 is 10.3 Å². The molecule has 0 aliphatic heterocycles. The maximum absolute atomic E-state index is 12.2. The molecule has 0 aromatic heterocycles. The van der Waals surface area contributed by atoms with Crippen LogP contribution in [0.25, 0.3) is 0 Å². The summed E-state index contributed by atoms with van der Waals surface area (Å²) in [5.74, 6) is 0. The zero-order valence-electron chi connectivity index (χ0n) is 13.8. The summed E-state index contributed by atoms with van der Waals surface area (Å²) in [7, 11) is -4.08. The first-order chi connectivity index (χ1) is 12.2. The van der Waals surface area contributed by atoms with Gasteiger partial charge in [-0.3, -0.25) is 4.18 Å². The van der Waals surface area contributed by atoms with Crippen LogP contribution < -0.4 is 4.72 Å². The molecule has 0 radical (unpaired) electrons. The van der Waals surface area contributed by atoms with E-state index in [2.05, 4.69) is 4.72 Å². The third kappa shape index (κ3) is 7.64. The summed E-state index contributed by atoms with van der Waals surface area (Å²) in [6.45, 7) is 1.20. The molecule has 0 unspecified atom stereocenters. The number of thioether (sulfide) groups is 1. The van der Waals surface area contributed by atoms with E-state index in [0.29, 0.717) is 0 Å². The monoisotopic (exact) mass is 453 g/mol. The molecule has 0 aliphatic rings. The lowest BCUT2D eigenvalue weighted by Crippen LogP contribution is -2.38. The van der Waals surface area contributed by atoms with Gasteiger partial charge in [-0.25, -0.2) is 0 Å². The molecule has 0 spiro atoms. The van der Waals surface area contributed by atoms with Crippen LogP contribution in [0.3, 0.4) is 0 Å². The molecule has 142 valence electrons. The standard InChI is InChI=1S/C17H18Cl3NO3S2/c1-13(21-26(22,23)24-12-17(18,19)20)16(14-8-4-2-5-9-14)25-15-10-6-3-7-11-15/h2-11,13,16,21H,12H2,1H3/t13-,16-/m0/s1. The van der Waals surface area contributed by atoms with E-state index in [9.17, 15) is 8.42 Å². The Labute approximate surface area is 173 Å². The van der Waals surface area contributed by atoms with Crippen molar-refractivity contribution in [2.45, 2.75) is 26.9 Å². The van der Waals surface area contributed by atoms with E-state index in [1.54, 1.807) is 18.7 Å². The van der Waals surface area contributed by atoms with Crippen molar-refractivity contribution in [3.63, 3.8) is 0 Å². The molecular weight excluding hydrogens is 437 g/mol. The van der Waals surface area contributed by atoms with Crippen molar-refractivity contribution in [1.29, 1.82) is 0 Å². The fourth-order valence-electron chi connectivity index (χ4n) is 2.22. The number of alkyl halides is 3. The number of benzene rings is 2. The van der Waals surface area contributed by atoms with Crippen molar-refractivity contribution < 1.29 is 12.6 Å². The van der Waals surface area contributed by atoms with E-state index >= 15 is 0 Å². The first kappa shape index (κ1) is 21.8. The molecule has 9 heteroatoms. The number of rotatable bonds is 8. The maximum Gasteiger partial charge on any atom is 0.336 e. The Hall–Kier alpha value is -0.470. The highest BCUT2D eigenvalue weighted by molar-refractivity contribution is 7.99. The summed E-state index contributed by atoms with van der Waals surface area (Å²) in [5.41, 5.74) is 0.984. The highest BCUT2D eigenvalue weighted by Gasteiger charge is 2.28. The molecule has 26 heavy (non-hydrogen) atoms. The Morgan fingerprint density at radius 3 is 2.12 bits per heavy atom. The topological polar surface area (TPSA) is 55.4 Å². The van der Waals surface area contributed by atoms with E-state index in [-0.39, 0.29) is 5.25 Å². The molecule has 2 aromatic carbocycles. The van der Waals surface area contributed by atoms with Crippen molar-refractivity contribution in [3.05, 3.63) is 66.2 Å². The minimum absolute atomic E-state index is 0.176. The van der Waals surface area contributed by atoms with E-state index in [0.717, 1.165) is 10.5 Å². The van der Waals surface area contributed by atoms with Gasteiger partial charge < -0.3 is 0 Å². The van der Waals surface area contributed by atoms with Crippen LogP contribution in [0.5, 0.6) is 0 Å². The lowest BCUT2D eigenvalue weighted by Gasteiger charge is -2.25. The van der Waals surface area contributed by atoms with Gasteiger partial charge in [-0.1, -0.05) is 83.3 Å². The third-order valence-electron chi connectivity index (χ3n) is 3.30. The van der Waals surface area contributed by atoms with Crippen LogP contribution in [0.2, 0.25) is 0 Å². The smallest absolute Gasteiger partial charge is 0.254 e. The van der Waals surface area contributed by atoms with Gasteiger partial charge in [-0.05, 0) is 24.6 Å². The van der Waals surface area contributed by atoms with E-state index < -0.39 is 26.7 Å². The Balaban J connectivity index is 2.16. The molecule has 0 amide bonds. The van der Waals surface area contributed by atoms with Gasteiger partial charge in [0.05, 0.1) is 5.25 Å². The van der Waals surface area contributed by atoms with Gasteiger partial charge in [0.25, 0.3) is 0 Å². The summed E-state index contributed by atoms with van der Waals surface area (Å²) in [4.78, 5) is 1.02. The molecule has 2 aromatic rings. The van der Waals surface area contributed by atoms with Crippen LogP contribution in [0, 0.1) is 0 Å². The van der Waals surface area contributed by atoms with Crippen molar-refractivity contribution in [2.24, 2.45) is 0 Å². The highest BCUT2D eigenvalue weighted by Crippen LogP contribution is 2.38. The average molecular weight is 455 g/mol. The molecule has 4 nitrogen and oxygen atoms in total. The fourth-order valence-corrected chi connectivity index (χ4v) is 4.82. The predicted octanol–water partition coefficient (Wildman–Crippen LogP) is 5.13. The number of hydrogen-bond acceptors (Lipinski definition) is 4. The van der Waals surface area contributed by atoms with Crippen molar-refractivity contribution in [3.8, 4) is 0 Å². The summed E-state index contributed by atoms with van der Waals surface area (Å²) in [6, 6.07) is 18.9. The van der Waals surface area contributed by atoms with Gasteiger partial charge in [-0.2, -0.15) is 13.1 Å². The van der Waals surface area contributed by atoms with Gasteiger partial charge in [0.2, 0.25) is 3.79 Å². The van der Waals surface area contributed by atoms with Crippen LogP contribution in [0.1, 0.15) is 17.7 Å². The number of nitrogens with one attached hydrogen (secondary N) is 1. The van der Waals surface area contributed by atoms with Crippen LogP contribution in [-0.2, 0) is 14.5 Å². The molecular formula is C17H18Cl3NO3S2. The Bertz CT molecular complexity index is 784. The van der Waals surface area contributed by atoms with Crippen LogP contribution >= 0.6 is 46.6 Å². The second-order valence-corrected chi connectivity index (χ2v) is 10.6. The fraction of sp³-hybridized carbons (Fsp3) is 0.294. The highest BCUT2D eigenvalue weighted by atomic mass is 35.6. The van der Waals surface area contributed by atoms with Gasteiger partial charge in [0.15, 0.2) is 0 Å². The van der Waals surface area contributed by atoms with Crippen molar-refractivity contribution in [2.75, 3.05) is 6.61 Å². The first-order valence-corrected chi connectivity index (χ1v) is 11.1. The molecule has 0 saturated heterocycles. The Morgan fingerprint density at radius 2 is 1.58 bits per heavy atom. The summed E-state index contributed by atoms with van der Waals surface area (Å²) in [5, 5.41) is -0.176. The SMILES string of the molecule is C[C@H](NS(=O)(=O)OCC(Cl)(Cl)Cl)[C@H](Sc1ccccc1)c1ccccc1. The lowest BCUT2D eigenvalue weighted by atomic mass is 10.1. The van der Waals surface area contributed by atoms with Gasteiger partial charge in [-0.15, -0.1) is 11.8 Å². The van der Waals surface area contributed by atoms with E-state index in [1.165, 1.54) is 0 Å². The third-order valence-corrected chi connectivity index (χ3v) is 6.19. The zero-order chi connectivity index (χ0) is 19.2.